The molecule has 0 aliphatic carbocycles. The maximum Gasteiger partial charge on any atom is 0.191 e. The van der Waals surface area contributed by atoms with Crippen LogP contribution in [0.4, 0.5) is 0 Å². The Morgan fingerprint density at radius 1 is 1.17 bits per heavy atom. The van der Waals surface area contributed by atoms with Gasteiger partial charge in [0.1, 0.15) is 0 Å². The molecule has 0 aromatic heterocycles. The van der Waals surface area contributed by atoms with Crippen LogP contribution in [0.2, 0.25) is 10.0 Å². The summed E-state index contributed by atoms with van der Waals surface area (Å²) in [5.74, 6) is 0.591. The first-order chi connectivity index (χ1) is 8.56. The van der Waals surface area contributed by atoms with Crippen LogP contribution in [0.15, 0.2) is 23.2 Å². The molecule has 2 N–H and O–H groups in total. The van der Waals surface area contributed by atoms with Gasteiger partial charge in [0, 0.05) is 29.7 Å². The van der Waals surface area contributed by atoms with E-state index in [4.69, 9.17) is 28.9 Å². The molecule has 3 nitrogen and oxygen atoms in total. The van der Waals surface area contributed by atoms with Crippen LogP contribution in [-0.2, 0) is 6.42 Å². The largest absolute Gasteiger partial charge is 0.370 e. The third kappa shape index (κ3) is 4.75. The zero-order valence-electron chi connectivity index (χ0n) is 10.8. The highest BCUT2D eigenvalue weighted by Crippen LogP contribution is 2.19. The second-order valence-electron chi connectivity index (χ2n) is 3.94. The van der Waals surface area contributed by atoms with Crippen molar-refractivity contribution < 1.29 is 0 Å². The van der Waals surface area contributed by atoms with Crippen molar-refractivity contribution in [2.24, 2.45) is 10.7 Å². The number of hydrogen-bond acceptors (Lipinski definition) is 1. The lowest BCUT2D eigenvalue weighted by Crippen LogP contribution is -2.37. The molecule has 0 amide bonds. The van der Waals surface area contributed by atoms with Gasteiger partial charge in [0.05, 0.1) is 0 Å². The van der Waals surface area contributed by atoms with E-state index in [1.165, 1.54) is 0 Å². The number of guanidine groups is 1. The predicted octanol–water partition coefficient (Wildman–Crippen LogP) is 3.19. The average Bonchev–Trinajstić information content (AvgIpc) is 2.29. The molecule has 0 spiro atoms. The summed E-state index contributed by atoms with van der Waals surface area (Å²) in [4.78, 5) is 6.37. The van der Waals surface area contributed by atoms with Gasteiger partial charge in [-0.25, -0.2) is 0 Å². The smallest absolute Gasteiger partial charge is 0.191 e. The van der Waals surface area contributed by atoms with Crippen molar-refractivity contribution in [3.05, 3.63) is 33.8 Å². The Labute approximate surface area is 119 Å². The summed E-state index contributed by atoms with van der Waals surface area (Å²) in [6.45, 7) is 6.49. The molecule has 0 saturated heterocycles. The van der Waals surface area contributed by atoms with Gasteiger partial charge in [-0.05, 0) is 44.0 Å². The van der Waals surface area contributed by atoms with Crippen molar-refractivity contribution >= 4 is 29.2 Å². The van der Waals surface area contributed by atoms with Gasteiger partial charge in [-0.2, -0.15) is 0 Å². The minimum atomic E-state index is 0.591. The highest BCUT2D eigenvalue weighted by Gasteiger charge is 2.02. The molecule has 0 heterocycles. The molecular formula is C13H19Cl2N3. The summed E-state index contributed by atoms with van der Waals surface area (Å²) in [7, 11) is 0. The monoisotopic (exact) mass is 287 g/mol. The molecule has 100 valence electrons. The van der Waals surface area contributed by atoms with Crippen molar-refractivity contribution in [3.63, 3.8) is 0 Å². The van der Waals surface area contributed by atoms with Crippen LogP contribution < -0.4 is 5.73 Å². The van der Waals surface area contributed by atoms with Crippen LogP contribution in [0.25, 0.3) is 0 Å². The van der Waals surface area contributed by atoms with E-state index < -0.39 is 0 Å². The van der Waals surface area contributed by atoms with Gasteiger partial charge in [0.15, 0.2) is 5.96 Å². The van der Waals surface area contributed by atoms with Gasteiger partial charge in [-0.15, -0.1) is 0 Å². The van der Waals surface area contributed by atoms with Gasteiger partial charge in [-0.3, -0.25) is 4.99 Å². The lowest BCUT2D eigenvalue weighted by Gasteiger charge is -2.19. The highest BCUT2D eigenvalue weighted by molar-refractivity contribution is 6.34. The summed E-state index contributed by atoms with van der Waals surface area (Å²) >= 11 is 11.9. The summed E-state index contributed by atoms with van der Waals surface area (Å²) in [5, 5.41) is 1.30. The highest BCUT2D eigenvalue weighted by atomic mass is 35.5. The Morgan fingerprint density at radius 3 is 2.22 bits per heavy atom. The standard InChI is InChI=1S/C13H19Cl2N3/c1-3-18(4-2)13(16)17-6-5-10-7-11(14)9-12(15)8-10/h7-9H,3-6H2,1-2H3,(H2,16,17). The number of nitrogens with two attached hydrogens (primary N) is 1. The van der Waals surface area contributed by atoms with Gasteiger partial charge in [0.2, 0.25) is 0 Å². The molecule has 0 radical (unpaired) electrons. The number of hydrogen-bond donors (Lipinski definition) is 1. The predicted molar refractivity (Wildman–Crippen MR) is 79.6 cm³/mol. The number of aliphatic imine (C=N–C) groups is 1. The zero-order chi connectivity index (χ0) is 13.5. The van der Waals surface area contributed by atoms with Crippen molar-refractivity contribution in [1.82, 2.24) is 4.90 Å². The van der Waals surface area contributed by atoms with E-state index in [9.17, 15) is 0 Å². The van der Waals surface area contributed by atoms with Crippen LogP contribution in [0.1, 0.15) is 19.4 Å². The maximum atomic E-state index is 5.93. The minimum Gasteiger partial charge on any atom is -0.370 e. The first kappa shape index (κ1) is 15.1. The molecule has 1 rings (SSSR count). The third-order valence-electron chi connectivity index (χ3n) is 2.68. The minimum absolute atomic E-state index is 0.591. The molecule has 0 saturated carbocycles. The molecule has 0 bridgehead atoms. The number of nitrogens with zero attached hydrogens (tertiary/aromatic N) is 2. The van der Waals surface area contributed by atoms with Crippen LogP contribution in [0, 0.1) is 0 Å². The van der Waals surface area contributed by atoms with Crippen LogP contribution in [0.5, 0.6) is 0 Å². The molecule has 0 unspecified atom stereocenters. The first-order valence-corrected chi connectivity index (χ1v) is 6.82. The lowest BCUT2D eigenvalue weighted by atomic mass is 10.1. The van der Waals surface area contributed by atoms with Crippen molar-refractivity contribution in [1.29, 1.82) is 0 Å². The van der Waals surface area contributed by atoms with E-state index in [0.717, 1.165) is 25.1 Å². The van der Waals surface area contributed by atoms with Crippen molar-refractivity contribution in [3.8, 4) is 0 Å². The van der Waals surface area contributed by atoms with E-state index in [1.54, 1.807) is 6.07 Å². The average molecular weight is 288 g/mol. The maximum absolute atomic E-state index is 5.93. The Morgan fingerprint density at radius 2 is 1.72 bits per heavy atom. The van der Waals surface area contributed by atoms with E-state index in [0.29, 0.717) is 22.5 Å². The number of halogens is 2. The quantitative estimate of drug-likeness (QED) is 0.668. The molecule has 0 aliphatic heterocycles. The van der Waals surface area contributed by atoms with Gasteiger partial charge in [0.25, 0.3) is 0 Å². The fourth-order valence-corrected chi connectivity index (χ4v) is 2.27. The van der Waals surface area contributed by atoms with Crippen molar-refractivity contribution in [2.75, 3.05) is 19.6 Å². The Hall–Kier alpha value is -0.930. The lowest BCUT2D eigenvalue weighted by molar-refractivity contribution is 0.458. The van der Waals surface area contributed by atoms with Crippen LogP contribution >= 0.6 is 23.2 Å². The summed E-state index contributed by atoms with van der Waals surface area (Å²) in [6, 6.07) is 5.52. The number of rotatable bonds is 5. The van der Waals surface area contributed by atoms with Crippen LogP contribution in [0.3, 0.4) is 0 Å². The van der Waals surface area contributed by atoms with E-state index in [2.05, 4.69) is 18.8 Å². The SMILES string of the molecule is CCN(CC)C(N)=NCCc1cc(Cl)cc(Cl)c1. The topological polar surface area (TPSA) is 41.6 Å². The summed E-state index contributed by atoms with van der Waals surface area (Å²) in [5.41, 5.74) is 6.96. The summed E-state index contributed by atoms with van der Waals surface area (Å²) < 4.78 is 0. The second kappa shape index (κ2) is 7.49. The Bertz CT molecular complexity index is 394. The van der Waals surface area contributed by atoms with E-state index in [-0.39, 0.29) is 0 Å². The fourth-order valence-electron chi connectivity index (χ4n) is 1.70. The molecule has 5 heteroatoms. The molecule has 0 atom stereocenters. The van der Waals surface area contributed by atoms with Crippen molar-refractivity contribution in [2.45, 2.75) is 20.3 Å². The van der Waals surface area contributed by atoms with Gasteiger partial charge < -0.3 is 10.6 Å². The zero-order valence-corrected chi connectivity index (χ0v) is 12.3. The molecular weight excluding hydrogens is 269 g/mol. The first-order valence-electron chi connectivity index (χ1n) is 6.06. The van der Waals surface area contributed by atoms with E-state index in [1.807, 2.05) is 17.0 Å². The molecule has 18 heavy (non-hydrogen) atoms. The second-order valence-corrected chi connectivity index (χ2v) is 4.81. The molecule has 1 aromatic carbocycles. The molecule has 0 fully saturated rings. The van der Waals surface area contributed by atoms with Crippen LogP contribution in [-0.4, -0.2) is 30.5 Å². The van der Waals surface area contributed by atoms with Gasteiger partial charge >= 0.3 is 0 Å². The van der Waals surface area contributed by atoms with Gasteiger partial charge in [-0.1, -0.05) is 23.2 Å². The van der Waals surface area contributed by atoms with E-state index >= 15 is 0 Å². The third-order valence-corrected chi connectivity index (χ3v) is 3.12. The number of benzene rings is 1. The molecule has 0 aliphatic rings. The Kier molecular flexibility index (Phi) is 6.30. The Balaban J connectivity index is 2.57. The fraction of sp³-hybridized carbons (Fsp3) is 0.462. The normalized spacial score (nSPS) is 11.7. The summed E-state index contributed by atoms with van der Waals surface area (Å²) in [6.07, 6.45) is 0.780. The molecule has 1 aromatic rings.